The van der Waals surface area contributed by atoms with E-state index < -0.39 is 28.5 Å². The summed E-state index contributed by atoms with van der Waals surface area (Å²) >= 11 is 0. The number of hydrogen-bond donors (Lipinski definition) is 1. The molecule has 8 nitrogen and oxygen atoms in total. The standard InChI is InChI=1S/C34H43N3O5S/c1-5-31(34(39)35-28-12-8-6-9-13-28)36(23-27-17-19-29(42-4)20-18-27)33(38)24-37(32-21-16-25(2)22-26(32)3)43(40,41)30-14-10-7-11-15-30/h7,10-11,14-22,28,31H,5-6,8-9,12-13,23-24H2,1-4H3,(H,35,39)/t31-/m0/s1. The Morgan fingerprint density at radius 3 is 2.23 bits per heavy atom. The lowest BCUT2D eigenvalue weighted by Gasteiger charge is -2.34. The number of amides is 2. The first kappa shape index (κ1) is 32.1. The first-order valence-electron chi connectivity index (χ1n) is 15.0. The third-order valence-electron chi connectivity index (χ3n) is 8.08. The highest BCUT2D eigenvalue weighted by Gasteiger charge is 2.34. The molecule has 0 bridgehead atoms. The molecule has 3 aromatic carbocycles. The van der Waals surface area contributed by atoms with E-state index in [0.29, 0.717) is 17.9 Å². The molecule has 4 rings (SSSR count). The van der Waals surface area contributed by atoms with Crippen molar-refractivity contribution in [3.63, 3.8) is 0 Å². The highest BCUT2D eigenvalue weighted by Crippen LogP contribution is 2.28. The quantitative estimate of drug-likeness (QED) is 0.283. The first-order valence-corrected chi connectivity index (χ1v) is 16.5. The molecule has 1 atom stereocenters. The zero-order chi connectivity index (χ0) is 31.0. The van der Waals surface area contributed by atoms with Crippen molar-refractivity contribution in [1.29, 1.82) is 0 Å². The van der Waals surface area contributed by atoms with Crippen molar-refractivity contribution in [2.75, 3.05) is 18.0 Å². The number of methoxy groups -OCH3 is 1. The molecule has 230 valence electrons. The minimum atomic E-state index is -4.11. The van der Waals surface area contributed by atoms with Crippen molar-refractivity contribution < 1.29 is 22.7 Å². The van der Waals surface area contributed by atoms with Gasteiger partial charge in [-0.1, -0.05) is 74.2 Å². The number of carbonyl (C=O) groups excluding carboxylic acids is 2. The summed E-state index contributed by atoms with van der Waals surface area (Å²) in [6.45, 7) is 5.34. The molecular weight excluding hydrogens is 562 g/mol. The third kappa shape index (κ3) is 7.96. The van der Waals surface area contributed by atoms with Crippen LogP contribution in [0.1, 0.15) is 62.1 Å². The van der Waals surface area contributed by atoms with Gasteiger partial charge in [0.1, 0.15) is 18.3 Å². The smallest absolute Gasteiger partial charge is 0.264 e. The minimum absolute atomic E-state index is 0.0819. The molecule has 1 N–H and O–H groups in total. The lowest BCUT2D eigenvalue weighted by Crippen LogP contribution is -2.54. The van der Waals surface area contributed by atoms with Crippen molar-refractivity contribution in [3.05, 3.63) is 89.5 Å². The van der Waals surface area contributed by atoms with E-state index in [1.807, 2.05) is 57.2 Å². The Hall–Kier alpha value is -3.85. The van der Waals surface area contributed by atoms with Crippen LogP contribution in [0.2, 0.25) is 0 Å². The summed E-state index contributed by atoms with van der Waals surface area (Å²) in [6.07, 6.45) is 5.52. The monoisotopic (exact) mass is 605 g/mol. The van der Waals surface area contributed by atoms with E-state index in [0.717, 1.165) is 48.8 Å². The molecular formula is C34H43N3O5S. The lowest BCUT2D eigenvalue weighted by atomic mass is 9.95. The second-order valence-electron chi connectivity index (χ2n) is 11.3. The van der Waals surface area contributed by atoms with Crippen molar-refractivity contribution >= 4 is 27.5 Å². The van der Waals surface area contributed by atoms with Crippen molar-refractivity contribution in [2.45, 2.75) is 82.8 Å². The van der Waals surface area contributed by atoms with Crippen LogP contribution in [0.25, 0.3) is 0 Å². The second-order valence-corrected chi connectivity index (χ2v) is 13.1. The molecule has 0 radical (unpaired) electrons. The third-order valence-corrected chi connectivity index (χ3v) is 9.85. The van der Waals surface area contributed by atoms with E-state index in [1.165, 1.54) is 21.3 Å². The van der Waals surface area contributed by atoms with Gasteiger partial charge < -0.3 is 15.0 Å². The summed E-state index contributed by atoms with van der Waals surface area (Å²) in [5, 5.41) is 3.18. The fourth-order valence-electron chi connectivity index (χ4n) is 5.71. The van der Waals surface area contributed by atoms with Gasteiger partial charge in [-0.25, -0.2) is 8.42 Å². The topological polar surface area (TPSA) is 96.0 Å². The van der Waals surface area contributed by atoms with E-state index in [-0.39, 0.29) is 23.4 Å². The molecule has 0 saturated heterocycles. The number of aryl methyl sites for hydroxylation is 2. The number of rotatable bonds is 12. The van der Waals surface area contributed by atoms with Gasteiger partial charge in [-0.2, -0.15) is 0 Å². The molecule has 9 heteroatoms. The average Bonchev–Trinajstić information content (AvgIpc) is 3.01. The summed E-state index contributed by atoms with van der Waals surface area (Å²) < 4.78 is 34.6. The van der Waals surface area contributed by atoms with E-state index in [1.54, 1.807) is 31.4 Å². The van der Waals surface area contributed by atoms with Gasteiger partial charge in [-0.3, -0.25) is 13.9 Å². The molecule has 43 heavy (non-hydrogen) atoms. The molecule has 1 fully saturated rings. The van der Waals surface area contributed by atoms with Gasteiger partial charge in [0, 0.05) is 12.6 Å². The Bertz CT molecular complexity index is 1490. The van der Waals surface area contributed by atoms with Gasteiger partial charge >= 0.3 is 0 Å². The van der Waals surface area contributed by atoms with Crippen molar-refractivity contribution in [2.24, 2.45) is 0 Å². The average molecular weight is 606 g/mol. The highest BCUT2D eigenvalue weighted by molar-refractivity contribution is 7.92. The summed E-state index contributed by atoms with van der Waals surface area (Å²) in [7, 11) is -2.52. The fraction of sp³-hybridized carbons (Fsp3) is 0.412. The van der Waals surface area contributed by atoms with Gasteiger partial charge in [-0.15, -0.1) is 0 Å². The van der Waals surface area contributed by atoms with Crippen LogP contribution >= 0.6 is 0 Å². The second kappa shape index (κ2) is 14.6. The predicted molar refractivity (Wildman–Crippen MR) is 170 cm³/mol. The van der Waals surface area contributed by atoms with Crippen LogP contribution < -0.4 is 14.4 Å². The summed E-state index contributed by atoms with van der Waals surface area (Å²) in [5.74, 6) is 0.0138. The van der Waals surface area contributed by atoms with Crippen molar-refractivity contribution in [1.82, 2.24) is 10.2 Å². The first-order chi connectivity index (χ1) is 20.6. The number of hydrogen-bond acceptors (Lipinski definition) is 5. The number of nitrogens with zero attached hydrogens (tertiary/aromatic N) is 2. The Kier molecular flexibility index (Phi) is 10.9. The zero-order valence-corrected chi connectivity index (χ0v) is 26.4. The number of sulfonamides is 1. The number of benzene rings is 3. The molecule has 1 aliphatic rings. The molecule has 0 aliphatic heterocycles. The maximum atomic E-state index is 14.3. The summed E-state index contributed by atoms with van der Waals surface area (Å²) in [5.41, 5.74) is 2.95. The molecule has 0 heterocycles. The molecule has 0 aromatic heterocycles. The molecule has 1 saturated carbocycles. The lowest BCUT2D eigenvalue weighted by molar-refractivity contribution is -0.140. The van der Waals surface area contributed by atoms with Crippen LogP contribution in [0.3, 0.4) is 0 Å². The fourth-order valence-corrected chi connectivity index (χ4v) is 7.21. The van der Waals surface area contributed by atoms with Crippen LogP contribution in [-0.2, 0) is 26.2 Å². The van der Waals surface area contributed by atoms with Crippen LogP contribution in [0, 0.1) is 13.8 Å². The Balaban J connectivity index is 1.72. The molecule has 1 aliphatic carbocycles. The number of ether oxygens (including phenoxy) is 1. The van der Waals surface area contributed by atoms with E-state index in [4.69, 9.17) is 4.74 Å². The van der Waals surface area contributed by atoms with Gasteiger partial charge in [-0.05, 0) is 74.6 Å². The van der Waals surface area contributed by atoms with Crippen LogP contribution in [0.15, 0.2) is 77.7 Å². The van der Waals surface area contributed by atoms with Gasteiger partial charge in [0.15, 0.2) is 0 Å². The largest absolute Gasteiger partial charge is 0.497 e. The van der Waals surface area contributed by atoms with E-state index in [2.05, 4.69) is 5.32 Å². The van der Waals surface area contributed by atoms with Gasteiger partial charge in [0.25, 0.3) is 10.0 Å². The maximum absolute atomic E-state index is 14.3. The SMILES string of the molecule is CC[C@@H](C(=O)NC1CCCCC1)N(Cc1ccc(OC)cc1)C(=O)CN(c1ccc(C)cc1C)S(=O)(=O)c1ccccc1. The number of anilines is 1. The molecule has 0 spiro atoms. The Morgan fingerprint density at radius 1 is 0.953 bits per heavy atom. The Labute approximate surface area is 256 Å². The van der Waals surface area contributed by atoms with Crippen LogP contribution in [-0.4, -0.2) is 50.9 Å². The van der Waals surface area contributed by atoms with E-state index in [9.17, 15) is 18.0 Å². The maximum Gasteiger partial charge on any atom is 0.264 e. The zero-order valence-electron chi connectivity index (χ0n) is 25.6. The predicted octanol–water partition coefficient (Wildman–Crippen LogP) is 5.76. The van der Waals surface area contributed by atoms with Crippen molar-refractivity contribution in [3.8, 4) is 5.75 Å². The molecule has 3 aromatic rings. The minimum Gasteiger partial charge on any atom is -0.497 e. The summed E-state index contributed by atoms with van der Waals surface area (Å²) in [4.78, 5) is 29.6. The summed E-state index contributed by atoms with van der Waals surface area (Å²) in [6, 6.07) is 20.2. The highest BCUT2D eigenvalue weighted by atomic mass is 32.2. The molecule has 2 amide bonds. The number of nitrogens with one attached hydrogen (secondary N) is 1. The van der Waals surface area contributed by atoms with Gasteiger partial charge in [0.2, 0.25) is 11.8 Å². The van der Waals surface area contributed by atoms with Crippen LogP contribution in [0.4, 0.5) is 5.69 Å². The van der Waals surface area contributed by atoms with E-state index >= 15 is 0 Å². The number of carbonyl (C=O) groups is 2. The Morgan fingerprint density at radius 2 is 1.63 bits per heavy atom. The molecule has 0 unspecified atom stereocenters. The van der Waals surface area contributed by atoms with Gasteiger partial charge in [0.05, 0.1) is 17.7 Å². The van der Waals surface area contributed by atoms with Crippen LogP contribution in [0.5, 0.6) is 5.75 Å². The normalized spacial score (nSPS) is 14.5.